The molecule has 2 nitrogen and oxygen atoms in total. The average Bonchev–Trinajstić information content (AvgIpc) is 2.75. The van der Waals surface area contributed by atoms with Gasteiger partial charge in [-0.1, -0.05) is 54.6 Å². The lowest BCUT2D eigenvalue weighted by atomic mass is 9.76. The van der Waals surface area contributed by atoms with Gasteiger partial charge in [-0.2, -0.15) is 0 Å². The van der Waals surface area contributed by atoms with Crippen LogP contribution in [0.3, 0.4) is 0 Å². The molecule has 0 radical (unpaired) electrons. The number of nitrogens with one attached hydrogen (secondary N) is 1. The molecule has 0 heterocycles. The standard InChI is InChI=1S/C25H26FNO/c1-28-25-9-5-3-7-20(25)17-27-24-15-12-19-6-2-4-8-22(19)23(24)16-18-10-13-21(26)14-11-18/h2-11,13-14,23-24,27H,12,15-17H2,1H3/t23-,24-/m1/s1. The Morgan fingerprint density at radius 3 is 2.54 bits per heavy atom. The number of halogens is 1. The van der Waals surface area contributed by atoms with Gasteiger partial charge in [-0.05, 0) is 54.2 Å². The Bertz CT molecular complexity index is 922. The third-order valence-corrected chi connectivity index (χ3v) is 5.78. The third-order valence-electron chi connectivity index (χ3n) is 5.78. The van der Waals surface area contributed by atoms with E-state index in [0.717, 1.165) is 31.6 Å². The highest BCUT2D eigenvalue weighted by Crippen LogP contribution is 2.35. The highest BCUT2D eigenvalue weighted by molar-refractivity contribution is 5.37. The second-order valence-electron chi connectivity index (χ2n) is 7.47. The van der Waals surface area contributed by atoms with E-state index in [1.54, 1.807) is 19.2 Å². The van der Waals surface area contributed by atoms with Gasteiger partial charge in [0, 0.05) is 24.1 Å². The maximum atomic E-state index is 13.3. The van der Waals surface area contributed by atoms with E-state index in [2.05, 4.69) is 35.6 Å². The van der Waals surface area contributed by atoms with Crippen molar-refractivity contribution in [2.24, 2.45) is 0 Å². The molecule has 144 valence electrons. The molecule has 0 amide bonds. The second kappa shape index (κ2) is 8.57. The quantitative estimate of drug-likeness (QED) is 0.634. The monoisotopic (exact) mass is 375 g/mol. The van der Waals surface area contributed by atoms with E-state index < -0.39 is 0 Å². The minimum Gasteiger partial charge on any atom is -0.496 e. The van der Waals surface area contributed by atoms with E-state index in [0.29, 0.717) is 12.0 Å². The number of hydrogen-bond donors (Lipinski definition) is 1. The van der Waals surface area contributed by atoms with Crippen molar-refractivity contribution < 1.29 is 9.13 Å². The van der Waals surface area contributed by atoms with Crippen molar-refractivity contribution in [3.05, 3.63) is 101 Å². The van der Waals surface area contributed by atoms with Crippen molar-refractivity contribution in [2.45, 2.75) is 37.8 Å². The number of benzene rings is 3. The van der Waals surface area contributed by atoms with Gasteiger partial charge in [-0.25, -0.2) is 4.39 Å². The average molecular weight is 375 g/mol. The summed E-state index contributed by atoms with van der Waals surface area (Å²) in [6.07, 6.45) is 3.08. The van der Waals surface area contributed by atoms with E-state index in [4.69, 9.17) is 4.74 Å². The van der Waals surface area contributed by atoms with Crippen molar-refractivity contribution in [3.8, 4) is 5.75 Å². The molecule has 2 atom stereocenters. The molecule has 1 N–H and O–H groups in total. The van der Waals surface area contributed by atoms with E-state index in [-0.39, 0.29) is 5.82 Å². The Hall–Kier alpha value is -2.65. The van der Waals surface area contributed by atoms with Crippen LogP contribution in [0.5, 0.6) is 5.75 Å². The van der Waals surface area contributed by atoms with Crippen molar-refractivity contribution in [3.63, 3.8) is 0 Å². The molecule has 0 saturated heterocycles. The van der Waals surface area contributed by atoms with Gasteiger partial charge in [0.1, 0.15) is 11.6 Å². The molecular weight excluding hydrogens is 349 g/mol. The molecule has 0 fully saturated rings. The minimum atomic E-state index is -0.182. The lowest BCUT2D eigenvalue weighted by Crippen LogP contribution is -2.39. The molecule has 0 saturated carbocycles. The topological polar surface area (TPSA) is 21.3 Å². The highest BCUT2D eigenvalue weighted by atomic mass is 19.1. The van der Waals surface area contributed by atoms with Crippen molar-refractivity contribution in [1.82, 2.24) is 5.32 Å². The zero-order valence-corrected chi connectivity index (χ0v) is 16.2. The van der Waals surface area contributed by atoms with Crippen LogP contribution in [0.2, 0.25) is 0 Å². The van der Waals surface area contributed by atoms with Crippen LogP contribution in [-0.4, -0.2) is 13.2 Å². The summed E-state index contributed by atoms with van der Waals surface area (Å²) >= 11 is 0. The van der Waals surface area contributed by atoms with Gasteiger partial charge in [0.2, 0.25) is 0 Å². The lowest BCUT2D eigenvalue weighted by molar-refractivity contribution is 0.373. The minimum absolute atomic E-state index is 0.182. The van der Waals surface area contributed by atoms with Crippen LogP contribution >= 0.6 is 0 Å². The van der Waals surface area contributed by atoms with E-state index in [1.165, 1.54) is 22.3 Å². The fraction of sp³-hybridized carbons (Fsp3) is 0.280. The maximum Gasteiger partial charge on any atom is 0.123 e. The van der Waals surface area contributed by atoms with Gasteiger partial charge in [0.15, 0.2) is 0 Å². The Kier molecular flexibility index (Phi) is 5.73. The summed E-state index contributed by atoms with van der Waals surface area (Å²) in [5.74, 6) is 1.10. The van der Waals surface area contributed by atoms with Crippen LogP contribution in [0.1, 0.15) is 34.6 Å². The molecule has 3 heteroatoms. The number of methoxy groups -OCH3 is 1. The summed E-state index contributed by atoms with van der Waals surface area (Å²) < 4.78 is 18.8. The van der Waals surface area contributed by atoms with E-state index >= 15 is 0 Å². The van der Waals surface area contributed by atoms with Gasteiger partial charge >= 0.3 is 0 Å². The van der Waals surface area contributed by atoms with Crippen LogP contribution in [0, 0.1) is 5.82 Å². The van der Waals surface area contributed by atoms with E-state index in [9.17, 15) is 4.39 Å². The Labute approximate surface area is 166 Å². The Morgan fingerprint density at radius 2 is 1.71 bits per heavy atom. The molecule has 3 aromatic rings. The summed E-state index contributed by atoms with van der Waals surface area (Å²) in [6.45, 7) is 0.775. The number of para-hydroxylation sites is 1. The van der Waals surface area contributed by atoms with Gasteiger partial charge in [0.25, 0.3) is 0 Å². The first-order valence-electron chi connectivity index (χ1n) is 9.92. The lowest BCUT2D eigenvalue weighted by Gasteiger charge is -2.35. The molecule has 4 rings (SSSR count). The highest BCUT2D eigenvalue weighted by Gasteiger charge is 2.29. The molecule has 0 bridgehead atoms. The number of fused-ring (bicyclic) bond motifs is 1. The third kappa shape index (κ3) is 4.10. The van der Waals surface area contributed by atoms with Gasteiger partial charge in [-0.3, -0.25) is 0 Å². The fourth-order valence-corrected chi connectivity index (χ4v) is 4.31. The van der Waals surface area contributed by atoms with E-state index in [1.807, 2.05) is 30.3 Å². The van der Waals surface area contributed by atoms with Gasteiger partial charge in [0.05, 0.1) is 7.11 Å². The first-order chi connectivity index (χ1) is 13.7. The Balaban J connectivity index is 1.57. The first-order valence-corrected chi connectivity index (χ1v) is 9.92. The molecule has 0 aromatic heterocycles. The van der Waals surface area contributed by atoms with Gasteiger partial charge in [-0.15, -0.1) is 0 Å². The molecule has 0 unspecified atom stereocenters. The molecule has 3 aromatic carbocycles. The molecule has 0 aliphatic heterocycles. The Morgan fingerprint density at radius 1 is 0.964 bits per heavy atom. The summed E-state index contributed by atoms with van der Waals surface area (Å²) in [6, 6.07) is 24.2. The predicted octanol–water partition coefficient (Wildman–Crippen LogP) is 5.27. The molecular formula is C25H26FNO. The fourth-order valence-electron chi connectivity index (χ4n) is 4.31. The molecule has 1 aliphatic rings. The normalized spacial score (nSPS) is 18.5. The predicted molar refractivity (Wildman–Crippen MR) is 111 cm³/mol. The number of rotatable bonds is 6. The molecule has 1 aliphatic carbocycles. The molecule has 0 spiro atoms. The largest absolute Gasteiger partial charge is 0.496 e. The van der Waals surface area contributed by atoms with Crippen LogP contribution in [0.4, 0.5) is 4.39 Å². The number of aryl methyl sites for hydroxylation is 1. The molecule has 28 heavy (non-hydrogen) atoms. The van der Waals surface area contributed by atoms with Crippen molar-refractivity contribution in [2.75, 3.05) is 7.11 Å². The van der Waals surface area contributed by atoms with Crippen molar-refractivity contribution >= 4 is 0 Å². The van der Waals surface area contributed by atoms with Gasteiger partial charge < -0.3 is 10.1 Å². The van der Waals surface area contributed by atoms with Crippen LogP contribution in [0.25, 0.3) is 0 Å². The summed E-state index contributed by atoms with van der Waals surface area (Å²) in [7, 11) is 1.72. The first kappa shape index (κ1) is 18.7. The van der Waals surface area contributed by atoms with Crippen LogP contribution in [-0.2, 0) is 19.4 Å². The van der Waals surface area contributed by atoms with Crippen molar-refractivity contribution in [1.29, 1.82) is 0 Å². The SMILES string of the molecule is COc1ccccc1CN[C@@H]1CCc2ccccc2[C@H]1Cc1ccc(F)cc1. The number of hydrogen-bond acceptors (Lipinski definition) is 2. The summed E-state index contributed by atoms with van der Waals surface area (Å²) in [4.78, 5) is 0. The summed E-state index contributed by atoms with van der Waals surface area (Å²) in [5, 5.41) is 3.78. The zero-order chi connectivity index (χ0) is 19.3. The smallest absolute Gasteiger partial charge is 0.123 e. The zero-order valence-electron chi connectivity index (χ0n) is 16.2. The summed E-state index contributed by atoms with van der Waals surface area (Å²) in [5.41, 5.74) is 5.19. The second-order valence-corrected chi connectivity index (χ2v) is 7.47. The maximum absolute atomic E-state index is 13.3. The van der Waals surface area contributed by atoms with Crippen LogP contribution < -0.4 is 10.1 Å². The van der Waals surface area contributed by atoms with Crippen LogP contribution in [0.15, 0.2) is 72.8 Å². The number of ether oxygens (including phenoxy) is 1.